The fourth-order valence-corrected chi connectivity index (χ4v) is 8.39. The van der Waals surface area contributed by atoms with Gasteiger partial charge in [0.2, 0.25) is 0 Å². The lowest BCUT2D eigenvalue weighted by atomic mass is 9.91. The standard InChI is InChI=1S/C54H36N4O4/c59-53(60)39-24-22-33(31-40(39)54(61)62)21-23-38-32-47-50(36-17-9-3-10-18-36)45-28-27-43(56-45)48(34-13-5-1-6-14-34)41-25-26-42(55-41)49(35-15-7-2-8-16-35)44-29-30-46(57-44)51(52(38)58-47)37-19-11-4-12-20-37/h1-32,48,55H,(H,59,60)(H,61,62)/b23-21+,49-44?,50-45?,52-51?. The van der Waals surface area contributed by atoms with Crippen molar-refractivity contribution < 1.29 is 19.8 Å². The molecule has 0 radical (unpaired) electrons. The largest absolute Gasteiger partial charge is 0.478 e. The first-order valence-electron chi connectivity index (χ1n) is 20.2. The van der Waals surface area contributed by atoms with Crippen molar-refractivity contribution in [1.29, 1.82) is 0 Å². The Morgan fingerprint density at radius 1 is 0.532 bits per heavy atom. The molecule has 296 valence electrons. The molecule has 10 rings (SSSR count). The summed E-state index contributed by atoms with van der Waals surface area (Å²) in [7, 11) is 0. The van der Waals surface area contributed by atoms with Crippen LogP contribution in [0.4, 0.5) is 0 Å². The van der Waals surface area contributed by atoms with Crippen molar-refractivity contribution >= 4 is 51.9 Å². The predicted molar refractivity (Wildman–Crippen MR) is 246 cm³/mol. The molecule has 0 aliphatic carbocycles. The molecule has 8 bridgehead atoms. The highest BCUT2D eigenvalue weighted by molar-refractivity contribution is 6.36. The summed E-state index contributed by atoms with van der Waals surface area (Å²) in [5.41, 5.74) is 13.6. The number of nitrogens with one attached hydrogen (secondary N) is 1. The first kappa shape index (κ1) is 37.8. The first-order chi connectivity index (χ1) is 30.4. The van der Waals surface area contributed by atoms with E-state index in [0.29, 0.717) is 22.7 Å². The lowest BCUT2D eigenvalue weighted by Crippen LogP contribution is -2.12. The van der Waals surface area contributed by atoms with E-state index in [4.69, 9.17) is 15.0 Å². The van der Waals surface area contributed by atoms with Gasteiger partial charge in [0.05, 0.1) is 51.3 Å². The summed E-state index contributed by atoms with van der Waals surface area (Å²) in [6, 6.07) is 49.4. The van der Waals surface area contributed by atoms with E-state index >= 15 is 0 Å². The van der Waals surface area contributed by atoms with Crippen LogP contribution >= 0.6 is 0 Å². The maximum atomic E-state index is 12.2. The number of H-pyrrole nitrogens is 1. The van der Waals surface area contributed by atoms with Gasteiger partial charge in [-0.1, -0.05) is 140 Å². The van der Waals surface area contributed by atoms with Gasteiger partial charge >= 0.3 is 11.9 Å². The van der Waals surface area contributed by atoms with Crippen LogP contribution in [0.25, 0.3) is 22.8 Å². The van der Waals surface area contributed by atoms with Gasteiger partial charge in [-0.05, 0) is 82.5 Å². The van der Waals surface area contributed by atoms with Crippen molar-refractivity contribution in [2.45, 2.75) is 5.92 Å². The van der Waals surface area contributed by atoms with Crippen LogP contribution in [0.1, 0.15) is 65.8 Å². The zero-order chi connectivity index (χ0) is 42.2. The Morgan fingerprint density at radius 3 is 1.79 bits per heavy atom. The third-order valence-electron chi connectivity index (χ3n) is 11.2. The van der Waals surface area contributed by atoms with Crippen LogP contribution in [0.15, 0.2) is 226 Å². The van der Waals surface area contributed by atoms with Crippen molar-refractivity contribution in [1.82, 2.24) is 4.98 Å². The molecule has 0 saturated carbocycles. The number of carboxylic acids is 2. The number of aromatic nitrogens is 1. The van der Waals surface area contributed by atoms with E-state index in [-0.39, 0.29) is 17.0 Å². The molecule has 4 aliphatic rings. The summed E-state index contributed by atoms with van der Waals surface area (Å²) in [6.45, 7) is 0. The number of benzene rings is 5. The van der Waals surface area contributed by atoms with Crippen LogP contribution in [-0.2, 0) is 0 Å². The fourth-order valence-electron chi connectivity index (χ4n) is 8.39. The number of aromatic amines is 1. The molecular weight excluding hydrogens is 769 g/mol. The predicted octanol–water partition coefficient (Wildman–Crippen LogP) is 11.3. The number of hydrogen-bond acceptors (Lipinski definition) is 5. The second kappa shape index (κ2) is 15.9. The highest BCUT2D eigenvalue weighted by Crippen LogP contribution is 2.41. The molecule has 0 amide bonds. The lowest BCUT2D eigenvalue weighted by molar-refractivity contribution is 0.0651. The number of aliphatic imine (C=N–C) groups is 3. The zero-order valence-corrected chi connectivity index (χ0v) is 33.1. The van der Waals surface area contributed by atoms with Gasteiger partial charge in [0.1, 0.15) is 0 Å². The number of hydrogen-bond donors (Lipinski definition) is 3. The van der Waals surface area contributed by atoms with Gasteiger partial charge in [-0.3, -0.25) is 4.99 Å². The van der Waals surface area contributed by atoms with Crippen molar-refractivity contribution in [3.63, 3.8) is 0 Å². The number of allylic oxidation sites excluding steroid dienone is 8. The molecule has 5 aromatic carbocycles. The molecule has 3 N–H and O–H groups in total. The number of carboxylic acid groups (broad SMARTS) is 2. The minimum atomic E-state index is -1.32. The van der Waals surface area contributed by atoms with E-state index in [1.807, 2.05) is 91.0 Å². The van der Waals surface area contributed by atoms with Gasteiger partial charge in [-0.15, -0.1) is 0 Å². The Morgan fingerprint density at radius 2 is 1.13 bits per heavy atom. The second-order valence-corrected chi connectivity index (χ2v) is 15.1. The number of fused-ring (bicyclic) bond motifs is 5. The van der Waals surface area contributed by atoms with Crippen molar-refractivity contribution in [2.75, 3.05) is 0 Å². The zero-order valence-electron chi connectivity index (χ0n) is 33.1. The minimum absolute atomic E-state index is 0.216. The number of nitrogens with zero attached hydrogens (tertiary/aromatic N) is 3. The molecule has 6 aromatic rings. The Hall–Kier alpha value is -8.49. The molecule has 1 unspecified atom stereocenters. The van der Waals surface area contributed by atoms with E-state index in [9.17, 15) is 19.8 Å². The average Bonchev–Trinajstić information content (AvgIpc) is 4.15. The van der Waals surface area contributed by atoms with Gasteiger partial charge in [-0.25, -0.2) is 19.6 Å². The molecule has 62 heavy (non-hydrogen) atoms. The molecule has 0 saturated heterocycles. The van der Waals surface area contributed by atoms with Crippen LogP contribution in [-0.4, -0.2) is 44.3 Å². The first-order valence-corrected chi connectivity index (χ1v) is 20.2. The lowest BCUT2D eigenvalue weighted by Gasteiger charge is -2.17. The molecular formula is C54H36N4O4. The summed E-state index contributed by atoms with van der Waals surface area (Å²) < 4.78 is 0. The maximum Gasteiger partial charge on any atom is 0.336 e. The van der Waals surface area contributed by atoms with Crippen molar-refractivity contribution in [2.24, 2.45) is 15.0 Å². The van der Waals surface area contributed by atoms with Crippen molar-refractivity contribution in [3.8, 4) is 0 Å². The van der Waals surface area contributed by atoms with Gasteiger partial charge in [-0.2, -0.15) is 0 Å². The second-order valence-electron chi connectivity index (χ2n) is 15.1. The van der Waals surface area contributed by atoms with Crippen LogP contribution in [0.5, 0.6) is 0 Å². The smallest absolute Gasteiger partial charge is 0.336 e. The molecule has 0 fully saturated rings. The SMILES string of the molecule is O=C(O)c1ccc(/C=C/C2=CC3=NC2=C(c2ccccc2)C2=NC(=C(c4ccccc4)c4ccc([nH]4)C(c4ccccc4)C4=NC(=C3c3ccccc3)C=C4)C=C2)cc1C(=O)O. The topological polar surface area (TPSA) is 127 Å². The van der Waals surface area contributed by atoms with Gasteiger partial charge in [0.25, 0.3) is 0 Å². The van der Waals surface area contributed by atoms with E-state index in [1.165, 1.54) is 12.1 Å². The molecule has 8 heteroatoms. The van der Waals surface area contributed by atoms with Crippen LogP contribution in [0, 0.1) is 0 Å². The normalized spacial score (nSPS) is 16.8. The molecule has 1 aromatic heterocycles. The highest BCUT2D eigenvalue weighted by Gasteiger charge is 2.30. The van der Waals surface area contributed by atoms with E-state index in [2.05, 4.69) is 83.9 Å². The number of carbonyl (C=O) groups is 2. The monoisotopic (exact) mass is 804 g/mol. The van der Waals surface area contributed by atoms with Gasteiger partial charge < -0.3 is 15.2 Å². The third-order valence-corrected chi connectivity index (χ3v) is 11.2. The summed E-state index contributed by atoms with van der Waals surface area (Å²) in [6.07, 6.45) is 14.0. The molecule has 0 spiro atoms. The molecule has 5 heterocycles. The van der Waals surface area contributed by atoms with E-state index in [1.54, 1.807) is 12.1 Å². The molecule has 8 nitrogen and oxygen atoms in total. The Kier molecular flexibility index (Phi) is 9.70. The third kappa shape index (κ3) is 7.05. The summed E-state index contributed by atoms with van der Waals surface area (Å²) >= 11 is 0. The Bertz CT molecular complexity index is 3140. The molecule has 4 aliphatic heterocycles. The maximum absolute atomic E-state index is 12.2. The molecule has 1 atom stereocenters. The van der Waals surface area contributed by atoms with Crippen LogP contribution in [0.2, 0.25) is 0 Å². The van der Waals surface area contributed by atoms with Crippen molar-refractivity contribution in [3.05, 3.63) is 261 Å². The quantitative estimate of drug-likeness (QED) is 0.141. The van der Waals surface area contributed by atoms with Crippen LogP contribution in [0.3, 0.4) is 0 Å². The minimum Gasteiger partial charge on any atom is -0.478 e. The number of rotatable bonds is 8. The summed E-state index contributed by atoms with van der Waals surface area (Å²) in [5, 5.41) is 19.6. The van der Waals surface area contributed by atoms with E-state index in [0.717, 1.165) is 73.0 Å². The van der Waals surface area contributed by atoms with Gasteiger partial charge in [0, 0.05) is 33.7 Å². The fraction of sp³-hybridized carbons (Fsp3) is 0.0185. The Balaban J connectivity index is 1.27. The van der Waals surface area contributed by atoms with Gasteiger partial charge in [0.15, 0.2) is 0 Å². The summed E-state index contributed by atoms with van der Waals surface area (Å²) in [5.74, 6) is -2.85. The van der Waals surface area contributed by atoms with Crippen LogP contribution < -0.4 is 0 Å². The summed E-state index contributed by atoms with van der Waals surface area (Å²) in [4.78, 5) is 44.2. The number of aromatic carboxylic acids is 2. The average molecular weight is 805 g/mol. The van der Waals surface area contributed by atoms with E-state index < -0.39 is 11.9 Å². The highest BCUT2D eigenvalue weighted by atomic mass is 16.4. The Labute approximate surface area is 357 Å².